The van der Waals surface area contributed by atoms with Gasteiger partial charge in [0.1, 0.15) is 6.79 Å². The Labute approximate surface area is 221 Å². The van der Waals surface area contributed by atoms with Gasteiger partial charge in [0.15, 0.2) is 0 Å². The lowest BCUT2D eigenvalue weighted by Gasteiger charge is -2.41. The lowest BCUT2D eigenvalue weighted by atomic mass is 9.66. The van der Waals surface area contributed by atoms with Crippen LogP contribution in [-0.4, -0.2) is 59.2 Å². The Morgan fingerprint density at radius 2 is 1.46 bits per heavy atom. The third-order valence-corrected chi connectivity index (χ3v) is 6.32. The first-order chi connectivity index (χ1) is 16.2. The predicted molar refractivity (Wildman–Crippen MR) is 152 cm³/mol. The smallest absolute Gasteiger partial charge is 0.146 e. The van der Waals surface area contributed by atoms with Crippen molar-refractivity contribution in [1.29, 1.82) is 0 Å². The normalized spacial score (nSPS) is 20.9. The van der Waals surface area contributed by atoms with Crippen molar-refractivity contribution < 1.29 is 24.1 Å². The average molecular weight is 507 g/mol. The standard InChI is InChI=1S/C16H32O.C6H14O.C5H12O2.C3H8O/c1-15(2,3)10-9-12-7-8-14(17)13(11-12)16(4,5)6;1-4-6(2)5-7-3;1-3-4-7-5-6-2;1-3-4-2/h12-14,17H,7-11H2,1-6H3;6H,4-5H2,1-3H3;3-5H2,1-2H3;3H2,1-2H3. The van der Waals surface area contributed by atoms with Crippen LogP contribution in [0.4, 0.5) is 0 Å². The van der Waals surface area contributed by atoms with E-state index in [0.717, 1.165) is 44.5 Å². The van der Waals surface area contributed by atoms with Crippen LogP contribution in [0, 0.1) is 28.6 Å². The van der Waals surface area contributed by atoms with E-state index in [4.69, 9.17) is 9.47 Å². The van der Waals surface area contributed by atoms with Crippen molar-refractivity contribution in [2.45, 2.75) is 120 Å². The van der Waals surface area contributed by atoms with Crippen molar-refractivity contribution in [2.24, 2.45) is 28.6 Å². The molecule has 216 valence electrons. The number of hydrogen-bond donors (Lipinski definition) is 1. The SMILES string of the molecule is CC(C)(C)CCC1CCC(O)C(C(C)(C)C)C1.CCC(C)COC.CCCOCOC.CCOC. The van der Waals surface area contributed by atoms with E-state index in [1.807, 2.05) is 6.92 Å². The summed E-state index contributed by atoms with van der Waals surface area (Å²) in [5.41, 5.74) is 0.701. The molecular weight excluding hydrogens is 440 g/mol. The second-order valence-corrected chi connectivity index (χ2v) is 12.2. The van der Waals surface area contributed by atoms with Crippen LogP contribution >= 0.6 is 0 Å². The molecule has 1 aliphatic rings. The maximum absolute atomic E-state index is 10.2. The van der Waals surface area contributed by atoms with Gasteiger partial charge in [-0.3, -0.25) is 0 Å². The summed E-state index contributed by atoms with van der Waals surface area (Å²) in [7, 11) is 5.04. The van der Waals surface area contributed by atoms with E-state index < -0.39 is 0 Å². The van der Waals surface area contributed by atoms with Crippen molar-refractivity contribution in [2.75, 3.05) is 47.9 Å². The minimum atomic E-state index is -0.0686. The van der Waals surface area contributed by atoms with E-state index in [-0.39, 0.29) is 11.5 Å². The van der Waals surface area contributed by atoms with Gasteiger partial charge in [0.2, 0.25) is 0 Å². The molecule has 5 heteroatoms. The number of aliphatic hydroxyl groups is 1. The number of methoxy groups -OCH3 is 3. The highest BCUT2D eigenvalue weighted by atomic mass is 16.7. The molecule has 35 heavy (non-hydrogen) atoms. The van der Waals surface area contributed by atoms with Crippen molar-refractivity contribution in [3.63, 3.8) is 0 Å². The zero-order chi connectivity index (χ0) is 27.9. The van der Waals surface area contributed by atoms with E-state index in [0.29, 0.717) is 18.1 Å². The number of hydrogen-bond acceptors (Lipinski definition) is 5. The van der Waals surface area contributed by atoms with Gasteiger partial charge in [-0.2, -0.15) is 0 Å². The molecule has 0 aromatic rings. The molecular formula is C30H66O5. The summed E-state index contributed by atoms with van der Waals surface area (Å²) in [6.07, 6.45) is 8.31. The van der Waals surface area contributed by atoms with E-state index in [1.54, 1.807) is 21.3 Å². The van der Waals surface area contributed by atoms with Crippen molar-refractivity contribution in [3.05, 3.63) is 0 Å². The third kappa shape index (κ3) is 28.2. The van der Waals surface area contributed by atoms with Crippen LogP contribution in [0.2, 0.25) is 0 Å². The average Bonchev–Trinajstić information content (AvgIpc) is 2.78. The van der Waals surface area contributed by atoms with Crippen LogP contribution in [0.5, 0.6) is 0 Å². The summed E-state index contributed by atoms with van der Waals surface area (Å²) in [5.74, 6) is 2.05. The largest absolute Gasteiger partial charge is 0.393 e. The van der Waals surface area contributed by atoms with Crippen LogP contribution in [0.15, 0.2) is 0 Å². The fourth-order valence-electron chi connectivity index (χ4n) is 3.76. The fraction of sp³-hybridized carbons (Fsp3) is 1.00. The maximum Gasteiger partial charge on any atom is 0.146 e. The van der Waals surface area contributed by atoms with Gasteiger partial charge in [-0.05, 0) is 74.0 Å². The monoisotopic (exact) mass is 506 g/mol. The highest BCUT2D eigenvalue weighted by Gasteiger charge is 2.36. The van der Waals surface area contributed by atoms with Gasteiger partial charge in [0.25, 0.3) is 0 Å². The van der Waals surface area contributed by atoms with Crippen LogP contribution in [0.3, 0.4) is 0 Å². The third-order valence-electron chi connectivity index (χ3n) is 6.32. The second-order valence-electron chi connectivity index (χ2n) is 12.2. The van der Waals surface area contributed by atoms with E-state index >= 15 is 0 Å². The quantitative estimate of drug-likeness (QED) is 0.240. The molecule has 5 nitrogen and oxygen atoms in total. The first-order valence-corrected chi connectivity index (χ1v) is 14.0. The minimum absolute atomic E-state index is 0.0686. The Morgan fingerprint density at radius 1 is 0.886 bits per heavy atom. The van der Waals surface area contributed by atoms with Crippen LogP contribution in [0.1, 0.15) is 114 Å². The molecule has 1 N–H and O–H groups in total. The molecule has 0 aromatic heterocycles. The van der Waals surface area contributed by atoms with Crippen molar-refractivity contribution in [1.82, 2.24) is 0 Å². The molecule has 0 radical (unpaired) electrons. The predicted octanol–water partition coefficient (Wildman–Crippen LogP) is 7.98. The van der Waals surface area contributed by atoms with Gasteiger partial charge >= 0.3 is 0 Å². The summed E-state index contributed by atoms with van der Waals surface area (Å²) in [5, 5.41) is 10.2. The van der Waals surface area contributed by atoms with Crippen molar-refractivity contribution >= 4 is 0 Å². The highest BCUT2D eigenvalue weighted by Crippen LogP contribution is 2.42. The van der Waals surface area contributed by atoms with Gasteiger partial charge in [-0.15, -0.1) is 0 Å². The van der Waals surface area contributed by atoms with Gasteiger partial charge in [0.05, 0.1) is 6.10 Å². The molecule has 0 amide bonds. The fourth-order valence-corrected chi connectivity index (χ4v) is 3.76. The summed E-state index contributed by atoms with van der Waals surface area (Å²) in [6, 6.07) is 0. The summed E-state index contributed by atoms with van der Waals surface area (Å²) in [4.78, 5) is 0. The van der Waals surface area contributed by atoms with Gasteiger partial charge < -0.3 is 24.1 Å². The number of rotatable bonds is 10. The lowest BCUT2D eigenvalue weighted by molar-refractivity contribution is -0.0300. The van der Waals surface area contributed by atoms with Gasteiger partial charge in [-0.25, -0.2) is 0 Å². The minimum Gasteiger partial charge on any atom is -0.393 e. The topological polar surface area (TPSA) is 57.2 Å². The molecule has 1 fully saturated rings. The Hall–Kier alpha value is -0.200. The summed E-state index contributed by atoms with van der Waals surface area (Å²) < 4.78 is 19.0. The van der Waals surface area contributed by atoms with Crippen LogP contribution in [0.25, 0.3) is 0 Å². The summed E-state index contributed by atoms with van der Waals surface area (Å²) in [6.45, 7) is 25.1. The van der Waals surface area contributed by atoms with E-state index in [1.165, 1.54) is 32.1 Å². The van der Waals surface area contributed by atoms with Crippen molar-refractivity contribution in [3.8, 4) is 0 Å². The summed E-state index contributed by atoms with van der Waals surface area (Å²) >= 11 is 0. The van der Waals surface area contributed by atoms with Gasteiger partial charge in [-0.1, -0.05) is 68.7 Å². The molecule has 1 aliphatic carbocycles. The zero-order valence-electron chi connectivity index (χ0n) is 26.2. The Balaban J connectivity index is -0.000000470. The molecule has 0 bridgehead atoms. The maximum atomic E-state index is 10.2. The Morgan fingerprint density at radius 3 is 1.80 bits per heavy atom. The first-order valence-electron chi connectivity index (χ1n) is 14.0. The second kappa shape index (κ2) is 24.2. The molecule has 0 spiro atoms. The Bertz CT molecular complexity index is 408. The zero-order valence-corrected chi connectivity index (χ0v) is 26.2. The molecule has 4 atom stereocenters. The molecule has 0 heterocycles. The molecule has 0 aromatic carbocycles. The van der Waals surface area contributed by atoms with E-state index in [9.17, 15) is 5.11 Å². The highest BCUT2D eigenvalue weighted by molar-refractivity contribution is 4.87. The molecule has 0 saturated heterocycles. The molecule has 1 rings (SSSR count). The number of ether oxygens (including phenoxy) is 4. The van der Waals surface area contributed by atoms with Crippen LogP contribution in [-0.2, 0) is 18.9 Å². The van der Waals surface area contributed by atoms with Crippen LogP contribution < -0.4 is 0 Å². The Kier molecular flexibility index (Phi) is 27.1. The lowest BCUT2D eigenvalue weighted by Crippen LogP contribution is -2.37. The van der Waals surface area contributed by atoms with Gasteiger partial charge in [0, 0.05) is 41.2 Å². The molecule has 4 unspecified atom stereocenters. The number of aliphatic hydroxyl groups excluding tert-OH is 1. The molecule has 0 aliphatic heterocycles. The molecule has 1 saturated carbocycles. The van der Waals surface area contributed by atoms with E-state index in [2.05, 4.69) is 71.8 Å². The first kappa shape index (κ1) is 39.3.